The summed E-state index contributed by atoms with van der Waals surface area (Å²) in [5.74, 6) is 0. The minimum Gasteiger partial charge on any atom is -0.399 e. The Hall–Kier alpha value is -5.64. The maximum Gasteiger partial charge on any atom is 0.274 e. The van der Waals surface area contributed by atoms with Gasteiger partial charge in [-0.2, -0.15) is 0 Å². The zero-order valence-electron chi connectivity index (χ0n) is 19.8. The number of nitro benzene ring substituents is 1. The molecule has 10 heteroatoms. The molecule has 10 nitrogen and oxygen atoms in total. The molecule has 0 radical (unpaired) electrons. The number of nitrogen functional groups attached to an aromatic ring is 1. The topological polar surface area (TPSA) is 139 Å². The third-order valence-corrected chi connectivity index (χ3v) is 5.75. The second kappa shape index (κ2) is 10.2. The van der Waals surface area contributed by atoms with Gasteiger partial charge in [-0.25, -0.2) is 9.97 Å². The molecule has 0 aliphatic heterocycles. The van der Waals surface area contributed by atoms with Crippen LogP contribution in [0.1, 0.15) is 0 Å². The van der Waals surface area contributed by atoms with Crippen molar-refractivity contribution in [2.45, 2.75) is 0 Å². The average molecular weight is 505 g/mol. The van der Waals surface area contributed by atoms with Gasteiger partial charge in [0, 0.05) is 29.2 Å². The zero-order valence-corrected chi connectivity index (χ0v) is 19.8. The number of nitro groups is 1. The standard InChI is InChI=1S/C14H9N3O3.C14H11N3O/c18-14-9-15-12-8-11(17(19)20)6-7-13(12)16(14)10-4-2-1-3-5-10;15-10-6-7-13-12(8-10)16-9-14(18)17(13)11-4-2-1-3-5-11/h1-9H;1-9H,15H2. The number of hydrogen-bond acceptors (Lipinski definition) is 7. The lowest BCUT2D eigenvalue weighted by molar-refractivity contribution is -0.384. The van der Waals surface area contributed by atoms with Crippen molar-refractivity contribution in [1.82, 2.24) is 19.1 Å². The quantitative estimate of drug-likeness (QED) is 0.216. The van der Waals surface area contributed by atoms with E-state index in [1.165, 1.54) is 35.2 Å². The van der Waals surface area contributed by atoms with E-state index in [0.717, 1.165) is 11.2 Å². The van der Waals surface area contributed by atoms with Crippen LogP contribution in [-0.2, 0) is 0 Å². The highest BCUT2D eigenvalue weighted by molar-refractivity contribution is 5.80. The van der Waals surface area contributed by atoms with Crippen molar-refractivity contribution >= 4 is 33.4 Å². The largest absolute Gasteiger partial charge is 0.399 e. The molecule has 2 N–H and O–H groups in total. The number of fused-ring (bicyclic) bond motifs is 2. The van der Waals surface area contributed by atoms with Gasteiger partial charge in [-0.15, -0.1) is 0 Å². The molecule has 0 aliphatic carbocycles. The predicted molar refractivity (Wildman–Crippen MR) is 146 cm³/mol. The minimum atomic E-state index is -0.487. The summed E-state index contributed by atoms with van der Waals surface area (Å²) >= 11 is 0. The molecule has 186 valence electrons. The van der Waals surface area contributed by atoms with E-state index < -0.39 is 4.92 Å². The lowest BCUT2D eigenvalue weighted by atomic mass is 10.2. The smallest absolute Gasteiger partial charge is 0.274 e. The molecule has 0 fully saturated rings. The zero-order chi connectivity index (χ0) is 26.6. The first kappa shape index (κ1) is 24.1. The van der Waals surface area contributed by atoms with Gasteiger partial charge in [-0.3, -0.25) is 28.8 Å². The van der Waals surface area contributed by atoms with Gasteiger partial charge in [0.15, 0.2) is 0 Å². The Morgan fingerprint density at radius 1 is 0.658 bits per heavy atom. The normalized spacial score (nSPS) is 10.6. The molecule has 6 rings (SSSR count). The highest BCUT2D eigenvalue weighted by Gasteiger charge is 2.11. The van der Waals surface area contributed by atoms with E-state index in [2.05, 4.69) is 9.97 Å². The van der Waals surface area contributed by atoms with E-state index in [1.54, 1.807) is 28.8 Å². The Kier molecular flexibility index (Phi) is 6.43. The van der Waals surface area contributed by atoms with Crippen LogP contribution in [0.25, 0.3) is 33.4 Å². The lowest BCUT2D eigenvalue weighted by Crippen LogP contribution is -2.18. The molecule has 0 spiro atoms. The number of rotatable bonds is 3. The van der Waals surface area contributed by atoms with E-state index in [4.69, 9.17) is 5.73 Å². The first-order valence-electron chi connectivity index (χ1n) is 11.5. The van der Waals surface area contributed by atoms with Crippen LogP contribution in [0.2, 0.25) is 0 Å². The van der Waals surface area contributed by atoms with Gasteiger partial charge in [0.05, 0.1) is 39.4 Å². The van der Waals surface area contributed by atoms with Crippen molar-refractivity contribution in [3.63, 3.8) is 0 Å². The highest BCUT2D eigenvalue weighted by Crippen LogP contribution is 2.20. The Morgan fingerprint density at radius 3 is 1.63 bits per heavy atom. The fraction of sp³-hybridized carbons (Fsp3) is 0. The summed E-state index contributed by atoms with van der Waals surface area (Å²) in [6.07, 6.45) is 2.48. The summed E-state index contributed by atoms with van der Waals surface area (Å²) in [5, 5.41) is 10.8. The first-order valence-corrected chi connectivity index (χ1v) is 11.5. The van der Waals surface area contributed by atoms with Gasteiger partial charge in [0.25, 0.3) is 16.8 Å². The van der Waals surface area contributed by atoms with Crippen LogP contribution in [0, 0.1) is 10.1 Å². The molecule has 0 saturated carbocycles. The fourth-order valence-electron chi connectivity index (χ4n) is 4.04. The number of aromatic nitrogens is 4. The summed E-state index contributed by atoms with van der Waals surface area (Å²) in [7, 11) is 0. The van der Waals surface area contributed by atoms with Crippen molar-refractivity contribution in [1.29, 1.82) is 0 Å². The van der Waals surface area contributed by atoms with Crippen LogP contribution in [0.5, 0.6) is 0 Å². The summed E-state index contributed by atoms with van der Waals surface area (Å²) in [6.45, 7) is 0. The summed E-state index contributed by atoms with van der Waals surface area (Å²) in [6, 6.07) is 28.1. The van der Waals surface area contributed by atoms with E-state index >= 15 is 0 Å². The number of benzene rings is 4. The average Bonchev–Trinajstić information content (AvgIpc) is 2.94. The first-order chi connectivity index (χ1) is 18.4. The third kappa shape index (κ3) is 4.73. The molecule has 0 amide bonds. The van der Waals surface area contributed by atoms with Gasteiger partial charge in [-0.1, -0.05) is 36.4 Å². The van der Waals surface area contributed by atoms with E-state index in [9.17, 15) is 19.7 Å². The highest BCUT2D eigenvalue weighted by atomic mass is 16.6. The van der Waals surface area contributed by atoms with Gasteiger partial charge < -0.3 is 5.73 Å². The molecule has 4 aromatic carbocycles. The van der Waals surface area contributed by atoms with Gasteiger partial charge >= 0.3 is 0 Å². The van der Waals surface area contributed by atoms with E-state index in [1.807, 2.05) is 54.6 Å². The molecule has 0 aliphatic rings. The molecule has 6 aromatic rings. The van der Waals surface area contributed by atoms with Gasteiger partial charge in [-0.05, 0) is 48.5 Å². The maximum atomic E-state index is 12.0. The molecular weight excluding hydrogens is 484 g/mol. The Labute approximate surface area is 215 Å². The molecule has 2 aromatic heterocycles. The summed E-state index contributed by atoms with van der Waals surface area (Å²) < 4.78 is 3.10. The van der Waals surface area contributed by atoms with Crippen molar-refractivity contribution < 1.29 is 4.92 Å². The second-order valence-corrected chi connectivity index (χ2v) is 8.21. The maximum absolute atomic E-state index is 12.0. The van der Waals surface area contributed by atoms with E-state index in [0.29, 0.717) is 27.9 Å². The Bertz CT molecular complexity index is 1900. The van der Waals surface area contributed by atoms with Crippen molar-refractivity contribution in [3.05, 3.63) is 140 Å². The Morgan fingerprint density at radius 2 is 1.13 bits per heavy atom. The molecule has 0 unspecified atom stereocenters. The fourth-order valence-corrected chi connectivity index (χ4v) is 4.04. The molecule has 0 atom stereocenters. The van der Waals surface area contributed by atoms with Crippen molar-refractivity contribution in [2.24, 2.45) is 0 Å². The predicted octanol–water partition coefficient (Wildman–Crippen LogP) is 4.26. The number of non-ortho nitro benzene ring substituents is 1. The van der Waals surface area contributed by atoms with Crippen LogP contribution in [0.4, 0.5) is 11.4 Å². The minimum absolute atomic E-state index is 0.0525. The number of nitrogens with two attached hydrogens (primary N) is 1. The SMILES string of the molecule is Nc1ccc2c(c1)ncc(=O)n2-c1ccccc1.O=c1cnc2cc([N+](=O)[O-])ccc2n1-c1ccccc1. The monoisotopic (exact) mass is 504 g/mol. The second-order valence-electron chi connectivity index (χ2n) is 8.21. The summed E-state index contributed by atoms with van der Waals surface area (Å²) in [5.41, 5.74) is 9.78. The third-order valence-electron chi connectivity index (χ3n) is 5.75. The number of hydrogen-bond donors (Lipinski definition) is 1. The van der Waals surface area contributed by atoms with E-state index in [-0.39, 0.29) is 16.8 Å². The van der Waals surface area contributed by atoms with Crippen LogP contribution < -0.4 is 16.9 Å². The van der Waals surface area contributed by atoms with Crippen LogP contribution in [0.15, 0.2) is 119 Å². The van der Waals surface area contributed by atoms with Crippen molar-refractivity contribution in [3.8, 4) is 11.4 Å². The number of nitrogens with zero attached hydrogens (tertiary/aromatic N) is 5. The molecular formula is C28H20N6O4. The Balaban J connectivity index is 0.000000156. The number of para-hydroxylation sites is 2. The summed E-state index contributed by atoms with van der Waals surface area (Å²) in [4.78, 5) is 42.4. The van der Waals surface area contributed by atoms with Gasteiger partial charge in [0.2, 0.25) is 0 Å². The molecule has 0 saturated heterocycles. The van der Waals surface area contributed by atoms with Crippen LogP contribution >= 0.6 is 0 Å². The van der Waals surface area contributed by atoms with Crippen LogP contribution in [-0.4, -0.2) is 24.0 Å². The molecule has 2 heterocycles. The van der Waals surface area contributed by atoms with Gasteiger partial charge in [0.1, 0.15) is 0 Å². The molecule has 0 bridgehead atoms. The molecule has 38 heavy (non-hydrogen) atoms. The van der Waals surface area contributed by atoms with Crippen LogP contribution in [0.3, 0.4) is 0 Å². The number of anilines is 1. The van der Waals surface area contributed by atoms with Crippen molar-refractivity contribution in [2.75, 3.05) is 5.73 Å². The lowest BCUT2D eigenvalue weighted by Gasteiger charge is -2.09.